The molecule has 1 N–H and O–H groups in total. The number of hydrogen-bond acceptors (Lipinski definition) is 2. The molecule has 1 amide bonds. The summed E-state index contributed by atoms with van der Waals surface area (Å²) in [7, 11) is 0. The molecule has 0 atom stereocenters. The second kappa shape index (κ2) is 6.36. The van der Waals surface area contributed by atoms with Gasteiger partial charge in [-0.25, -0.2) is 0 Å². The van der Waals surface area contributed by atoms with Gasteiger partial charge in [0.2, 0.25) is 0 Å². The lowest BCUT2D eigenvalue weighted by Gasteiger charge is -2.31. The molecule has 19 heavy (non-hydrogen) atoms. The lowest BCUT2D eigenvalue weighted by atomic mass is 9.93. The molecule has 1 saturated heterocycles. The van der Waals surface area contributed by atoms with Gasteiger partial charge in [-0.05, 0) is 59.5 Å². The number of carbonyl (C=O) groups is 2. The number of piperidine rings is 1. The van der Waals surface area contributed by atoms with Crippen molar-refractivity contribution in [1.82, 2.24) is 4.90 Å². The highest BCUT2D eigenvalue weighted by Crippen LogP contribution is 2.22. The third kappa shape index (κ3) is 3.92. The van der Waals surface area contributed by atoms with Gasteiger partial charge in [-0.2, -0.15) is 0 Å². The fourth-order valence-corrected chi connectivity index (χ4v) is 2.93. The molecule has 0 saturated carbocycles. The topological polar surface area (TPSA) is 57.6 Å². The number of carboxylic acids is 1. The summed E-state index contributed by atoms with van der Waals surface area (Å²) in [6, 6.07) is 7.54. The van der Waals surface area contributed by atoms with Crippen LogP contribution < -0.4 is 0 Å². The zero-order valence-electron chi connectivity index (χ0n) is 10.5. The first-order valence-electron chi connectivity index (χ1n) is 6.33. The number of likely N-dealkylation sites (tertiary alicyclic amines) is 1. The molecule has 1 aromatic carbocycles. The second-order valence-electron chi connectivity index (χ2n) is 4.84. The highest BCUT2D eigenvalue weighted by atomic mass is 127. The van der Waals surface area contributed by atoms with Crippen molar-refractivity contribution in [3.8, 4) is 0 Å². The van der Waals surface area contributed by atoms with Crippen LogP contribution in [0.2, 0.25) is 0 Å². The molecule has 0 bridgehead atoms. The van der Waals surface area contributed by atoms with Crippen molar-refractivity contribution in [2.24, 2.45) is 5.92 Å². The summed E-state index contributed by atoms with van der Waals surface area (Å²) >= 11 is 2.19. The lowest BCUT2D eigenvalue weighted by molar-refractivity contribution is -0.138. The average molecular weight is 373 g/mol. The molecule has 0 spiro atoms. The van der Waals surface area contributed by atoms with Crippen LogP contribution in [0.25, 0.3) is 0 Å². The maximum absolute atomic E-state index is 12.3. The molecule has 1 fully saturated rings. The van der Waals surface area contributed by atoms with Crippen LogP contribution in [0.4, 0.5) is 0 Å². The number of carbonyl (C=O) groups excluding carboxylic acids is 1. The molecule has 0 aliphatic carbocycles. The maximum atomic E-state index is 12.3. The van der Waals surface area contributed by atoms with Crippen LogP contribution in [0.5, 0.6) is 0 Å². The van der Waals surface area contributed by atoms with Crippen LogP contribution in [0.1, 0.15) is 29.6 Å². The van der Waals surface area contributed by atoms with Crippen molar-refractivity contribution in [2.45, 2.75) is 19.3 Å². The minimum Gasteiger partial charge on any atom is -0.481 e. The van der Waals surface area contributed by atoms with Crippen LogP contribution in [-0.4, -0.2) is 35.0 Å². The minimum atomic E-state index is -0.748. The molecular formula is C14H16INO3. The molecule has 1 aliphatic rings. The Hall–Kier alpha value is -1.11. The summed E-state index contributed by atoms with van der Waals surface area (Å²) in [6.45, 7) is 1.31. The van der Waals surface area contributed by atoms with E-state index < -0.39 is 5.97 Å². The van der Waals surface area contributed by atoms with Gasteiger partial charge < -0.3 is 10.0 Å². The zero-order valence-corrected chi connectivity index (χ0v) is 12.7. The Morgan fingerprint density at radius 1 is 1.32 bits per heavy atom. The van der Waals surface area contributed by atoms with Gasteiger partial charge in [0.15, 0.2) is 0 Å². The fraction of sp³-hybridized carbons (Fsp3) is 0.429. The second-order valence-corrected chi connectivity index (χ2v) is 6.09. The van der Waals surface area contributed by atoms with Gasteiger partial charge in [0.1, 0.15) is 0 Å². The largest absolute Gasteiger partial charge is 0.481 e. The van der Waals surface area contributed by atoms with Crippen molar-refractivity contribution in [3.05, 3.63) is 33.4 Å². The number of carboxylic acid groups (broad SMARTS) is 1. The quantitative estimate of drug-likeness (QED) is 0.829. The average Bonchev–Trinajstić information content (AvgIpc) is 2.38. The number of benzene rings is 1. The van der Waals surface area contributed by atoms with E-state index in [1.165, 1.54) is 0 Å². The van der Waals surface area contributed by atoms with Gasteiger partial charge in [-0.15, -0.1) is 0 Å². The number of nitrogens with zero attached hydrogens (tertiary/aromatic N) is 1. The van der Waals surface area contributed by atoms with Crippen LogP contribution >= 0.6 is 22.6 Å². The Labute approximate surface area is 125 Å². The van der Waals surface area contributed by atoms with E-state index in [1.54, 1.807) is 0 Å². The van der Waals surface area contributed by atoms with Crippen molar-refractivity contribution in [1.29, 1.82) is 0 Å². The summed E-state index contributed by atoms with van der Waals surface area (Å²) in [5.74, 6) is -0.493. The van der Waals surface area contributed by atoms with Crippen LogP contribution in [-0.2, 0) is 4.79 Å². The van der Waals surface area contributed by atoms with Gasteiger partial charge in [0.05, 0.1) is 0 Å². The van der Waals surface area contributed by atoms with E-state index in [4.69, 9.17) is 5.11 Å². The summed E-state index contributed by atoms with van der Waals surface area (Å²) in [5, 5.41) is 8.77. The predicted octanol–water partition coefficient (Wildman–Crippen LogP) is 2.62. The van der Waals surface area contributed by atoms with Crippen LogP contribution in [0, 0.1) is 9.49 Å². The molecule has 0 aromatic heterocycles. The maximum Gasteiger partial charge on any atom is 0.303 e. The first-order valence-corrected chi connectivity index (χ1v) is 7.41. The van der Waals surface area contributed by atoms with Gasteiger partial charge >= 0.3 is 5.97 Å². The first-order chi connectivity index (χ1) is 9.06. The van der Waals surface area contributed by atoms with Gasteiger partial charge in [-0.1, -0.05) is 6.07 Å². The van der Waals surface area contributed by atoms with Gasteiger partial charge in [0, 0.05) is 28.6 Å². The number of halogens is 1. The number of amides is 1. The van der Waals surface area contributed by atoms with Gasteiger partial charge in [0.25, 0.3) is 5.91 Å². The van der Waals surface area contributed by atoms with Crippen molar-refractivity contribution in [3.63, 3.8) is 0 Å². The predicted molar refractivity (Wildman–Crippen MR) is 80.0 cm³/mol. The summed E-state index contributed by atoms with van der Waals surface area (Å²) in [5.41, 5.74) is 0.712. The van der Waals surface area contributed by atoms with Crippen molar-refractivity contribution in [2.75, 3.05) is 13.1 Å². The molecule has 4 nitrogen and oxygen atoms in total. The Morgan fingerprint density at radius 3 is 2.58 bits per heavy atom. The first kappa shape index (κ1) is 14.3. The molecule has 102 valence electrons. The number of aliphatic carboxylic acids is 1. The summed E-state index contributed by atoms with van der Waals surface area (Å²) < 4.78 is 1.05. The number of rotatable bonds is 3. The monoisotopic (exact) mass is 373 g/mol. The lowest BCUT2D eigenvalue weighted by Crippen LogP contribution is -2.38. The van der Waals surface area contributed by atoms with E-state index in [0.29, 0.717) is 18.7 Å². The van der Waals surface area contributed by atoms with Gasteiger partial charge in [-0.3, -0.25) is 9.59 Å². The standard InChI is InChI=1S/C14H16INO3/c15-12-3-1-2-11(9-12)14(19)16-6-4-10(5-7-16)8-13(17)18/h1-3,9-10H,4-8H2,(H,17,18). The summed E-state index contributed by atoms with van der Waals surface area (Å²) in [4.78, 5) is 24.8. The third-order valence-corrected chi connectivity index (χ3v) is 4.11. The smallest absolute Gasteiger partial charge is 0.303 e. The van der Waals surface area contributed by atoms with E-state index in [1.807, 2.05) is 29.2 Å². The van der Waals surface area contributed by atoms with E-state index in [-0.39, 0.29) is 18.2 Å². The van der Waals surface area contributed by atoms with E-state index in [0.717, 1.165) is 16.4 Å². The Balaban J connectivity index is 1.94. The molecule has 0 unspecified atom stereocenters. The molecular weight excluding hydrogens is 357 g/mol. The van der Waals surface area contributed by atoms with E-state index >= 15 is 0 Å². The molecule has 1 aromatic rings. The highest BCUT2D eigenvalue weighted by molar-refractivity contribution is 14.1. The molecule has 1 aliphatic heterocycles. The summed E-state index contributed by atoms with van der Waals surface area (Å²) in [6.07, 6.45) is 1.77. The fourth-order valence-electron chi connectivity index (χ4n) is 2.39. The molecule has 5 heteroatoms. The Morgan fingerprint density at radius 2 is 2.00 bits per heavy atom. The van der Waals surface area contributed by atoms with E-state index in [9.17, 15) is 9.59 Å². The minimum absolute atomic E-state index is 0.0484. The zero-order chi connectivity index (χ0) is 13.8. The number of hydrogen-bond donors (Lipinski definition) is 1. The molecule has 1 heterocycles. The third-order valence-electron chi connectivity index (χ3n) is 3.44. The Bertz CT molecular complexity index is 481. The molecule has 0 radical (unpaired) electrons. The normalized spacial score (nSPS) is 16.4. The van der Waals surface area contributed by atoms with E-state index in [2.05, 4.69) is 22.6 Å². The SMILES string of the molecule is O=C(O)CC1CCN(C(=O)c2cccc(I)c2)CC1. The van der Waals surface area contributed by atoms with Crippen LogP contribution in [0.15, 0.2) is 24.3 Å². The Kier molecular flexibility index (Phi) is 4.79. The van der Waals surface area contributed by atoms with Crippen LogP contribution in [0.3, 0.4) is 0 Å². The molecule has 2 rings (SSSR count). The highest BCUT2D eigenvalue weighted by Gasteiger charge is 2.24. The van der Waals surface area contributed by atoms with Crippen molar-refractivity contribution < 1.29 is 14.7 Å². The van der Waals surface area contributed by atoms with Crippen molar-refractivity contribution >= 4 is 34.5 Å².